The molecule has 0 spiro atoms. The summed E-state index contributed by atoms with van der Waals surface area (Å²) < 4.78 is 6.21. The summed E-state index contributed by atoms with van der Waals surface area (Å²) in [4.78, 5) is 0. The molecule has 1 aromatic carbocycles. The molecule has 0 aliphatic heterocycles. The molecular formula is C16H25BrOSi. The Labute approximate surface area is 127 Å². The van der Waals surface area contributed by atoms with Crippen molar-refractivity contribution in [1.82, 2.24) is 0 Å². The number of hydrogen-bond donors (Lipinski definition) is 0. The highest BCUT2D eigenvalue weighted by molar-refractivity contribution is 9.09. The Morgan fingerprint density at radius 1 is 1.16 bits per heavy atom. The third kappa shape index (κ3) is 5.25. The second kappa shape index (κ2) is 6.87. The van der Waals surface area contributed by atoms with Gasteiger partial charge in [-0.05, 0) is 29.3 Å². The number of alkyl halides is 1. The molecule has 0 heterocycles. The van der Waals surface area contributed by atoms with Crippen LogP contribution in [-0.2, 0) is 11.0 Å². The smallest absolute Gasteiger partial charge is 0.192 e. The third-order valence-corrected chi connectivity index (χ3v) is 8.64. The second-order valence-electron chi connectivity index (χ2n) is 6.35. The highest BCUT2D eigenvalue weighted by Gasteiger charge is 2.36. The minimum Gasteiger partial charge on any atom is -0.413 e. The molecule has 0 bridgehead atoms. The number of hydrogen-bond acceptors (Lipinski definition) is 1. The van der Waals surface area contributed by atoms with Crippen molar-refractivity contribution in [2.45, 2.75) is 45.5 Å². The number of halogens is 1. The van der Waals surface area contributed by atoms with Gasteiger partial charge in [-0.2, -0.15) is 0 Å². The van der Waals surface area contributed by atoms with Gasteiger partial charge < -0.3 is 4.43 Å². The van der Waals surface area contributed by atoms with Crippen LogP contribution in [0.2, 0.25) is 18.1 Å². The van der Waals surface area contributed by atoms with Crippen LogP contribution >= 0.6 is 15.9 Å². The molecule has 0 amide bonds. The molecule has 0 saturated heterocycles. The lowest BCUT2D eigenvalue weighted by molar-refractivity contribution is 0.276. The maximum Gasteiger partial charge on any atom is 0.192 e. The van der Waals surface area contributed by atoms with Crippen molar-refractivity contribution < 1.29 is 4.43 Å². The van der Waals surface area contributed by atoms with Crippen LogP contribution in [0, 0.1) is 0 Å². The SMILES string of the molecule is CC(C)(C)[Si](C)(C)OCc1ccc(C=CCBr)cc1. The summed E-state index contributed by atoms with van der Waals surface area (Å²) in [5, 5.41) is 1.16. The Hall–Kier alpha value is -0.383. The molecule has 0 atom stereocenters. The molecule has 1 nitrogen and oxygen atoms in total. The van der Waals surface area contributed by atoms with E-state index in [2.05, 4.69) is 86.2 Å². The summed E-state index contributed by atoms with van der Waals surface area (Å²) >= 11 is 3.38. The molecule has 0 aliphatic rings. The molecule has 3 heteroatoms. The van der Waals surface area contributed by atoms with Crippen LogP contribution in [0.4, 0.5) is 0 Å². The van der Waals surface area contributed by atoms with Gasteiger partial charge in [-0.15, -0.1) is 0 Å². The first-order valence-electron chi connectivity index (χ1n) is 6.72. The molecular weight excluding hydrogens is 316 g/mol. The molecule has 0 fully saturated rings. The van der Waals surface area contributed by atoms with Crippen LogP contribution in [0.25, 0.3) is 6.08 Å². The van der Waals surface area contributed by atoms with Gasteiger partial charge in [-0.25, -0.2) is 0 Å². The third-order valence-electron chi connectivity index (χ3n) is 3.78. The van der Waals surface area contributed by atoms with Crippen LogP contribution in [-0.4, -0.2) is 13.6 Å². The van der Waals surface area contributed by atoms with E-state index in [1.165, 1.54) is 11.1 Å². The maximum atomic E-state index is 6.21. The Morgan fingerprint density at radius 2 is 1.74 bits per heavy atom. The van der Waals surface area contributed by atoms with Crippen LogP contribution in [0.5, 0.6) is 0 Å². The molecule has 106 valence electrons. The molecule has 1 aromatic rings. The van der Waals surface area contributed by atoms with E-state index in [4.69, 9.17) is 4.43 Å². The van der Waals surface area contributed by atoms with E-state index < -0.39 is 8.32 Å². The van der Waals surface area contributed by atoms with Crippen molar-refractivity contribution in [3.05, 3.63) is 41.5 Å². The van der Waals surface area contributed by atoms with Crippen molar-refractivity contribution in [3.63, 3.8) is 0 Å². The van der Waals surface area contributed by atoms with Crippen molar-refractivity contribution in [1.29, 1.82) is 0 Å². The largest absolute Gasteiger partial charge is 0.413 e. The zero-order valence-corrected chi connectivity index (χ0v) is 15.3. The van der Waals surface area contributed by atoms with Gasteiger partial charge in [0, 0.05) is 5.33 Å². The normalized spacial score (nSPS) is 13.2. The van der Waals surface area contributed by atoms with Gasteiger partial charge in [-0.1, -0.05) is 73.1 Å². The zero-order valence-electron chi connectivity index (χ0n) is 12.7. The molecule has 1 rings (SSSR count). The highest BCUT2D eigenvalue weighted by Crippen LogP contribution is 2.37. The lowest BCUT2D eigenvalue weighted by Gasteiger charge is -2.36. The summed E-state index contributed by atoms with van der Waals surface area (Å²) in [6.45, 7) is 12.1. The van der Waals surface area contributed by atoms with Crippen molar-refractivity contribution in [3.8, 4) is 0 Å². The fourth-order valence-corrected chi connectivity index (χ4v) is 2.53. The lowest BCUT2D eigenvalue weighted by atomic mass is 10.1. The first-order valence-corrected chi connectivity index (χ1v) is 10.7. The van der Waals surface area contributed by atoms with E-state index in [0.29, 0.717) is 0 Å². The van der Waals surface area contributed by atoms with Gasteiger partial charge in [0.25, 0.3) is 0 Å². The molecule has 0 saturated carbocycles. The first kappa shape index (κ1) is 16.7. The van der Waals surface area contributed by atoms with E-state index in [0.717, 1.165) is 11.9 Å². The minimum absolute atomic E-state index is 0.269. The second-order valence-corrected chi connectivity index (χ2v) is 11.8. The zero-order chi connectivity index (χ0) is 14.5. The monoisotopic (exact) mass is 340 g/mol. The average Bonchev–Trinajstić information content (AvgIpc) is 2.34. The van der Waals surface area contributed by atoms with E-state index in [1.54, 1.807) is 0 Å². The number of allylic oxidation sites excluding steroid dienone is 1. The summed E-state index contributed by atoms with van der Waals surface area (Å²) in [5.74, 6) is 0. The molecule has 0 aromatic heterocycles. The van der Waals surface area contributed by atoms with E-state index in [1.807, 2.05) is 0 Å². The van der Waals surface area contributed by atoms with Gasteiger partial charge >= 0.3 is 0 Å². The molecule has 0 N–H and O–H groups in total. The standard InChI is InChI=1S/C16H25BrOSi/c1-16(2,3)19(4,5)18-13-15-10-8-14(9-11-15)7-6-12-17/h6-11H,12-13H2,1-5H3. The van der Waals surface area contributed by atoms with Gasteiger partial charge in [-0.3, -0.25) is 0 Å². The van der Waals surface area contributed by atoms with Gasteiger partial charge in [0.05, 0.1) is 6.61 Å². The number of rotatable bonds is 5. The molecule has 0 aliphatic carbocycles. The van der Waals surface area contributed by atoms with Crippen LogP contribution in [0.3, 0.4) is 0 Å². The van der Waals surface area contributed by atoms with Crippen LogP contribution in [0.15, 0.2) is 30.3 Å². The van der Waals surface area contributed by atoms with Crippen LogP contribution < -0.4 is 0 Å². The highest BCUT2D eigenvalue weighted by atomic mass is 79.9. The Kier molecular flexibility index (Phi) is 6.02. The summed E-state index contributed by atoms with van der Waals surface area (Å²) in [6, 6.07) is 8.59. The Balaban J connectivity index is 2.62. The van der Waals surface area contributed by atoms with Gasteiger partial charge in [0.15, 0.2) is 8.32 Å². The maximum absolute atomic E-state index is 6.21. The first-order chi connectivity index (χ1) is 8.76. The van der Waals surface area contributed by atoms with Crippen LogP contribution in [0.1, 0.15) is 31.9 Å². The van der Waals surface area contributed by atoms with Crippen molar-refractivity contribution >= 4 is 30.3 Å². The van der Waals surface area contributed by atoms with Gasteiger partial charge in [0.2, 0.25) is 0 Å². The van der Waals surface area contributed by atoms with E-state index in [-0.39, 0.29) is 5.04 Å². The lowest BCUT2D eigenvalue weighted by Crippen LogP contribution is -2.40. The molecule has 19 heavy (non-hydrogen) atoms. The summed E-state index contributed by atoms with van der Waals surface area (Å²) in [7, 11) is -1.64. The molecule has 0 unspecified atom stereocenters. The summed E-state index contributed by atoms with van der Waals surface area (Å²) in [5.41, 5.74) is 2.48. The molecule has 0 radical (unpaired) electrons. The fourth-order valence-electron chi connectivity index (χ4n) is 1.39. The topological polar surface area (TPSA) is 9.23 Å². The average molecular weight is 341 g/mol. The van der Waals surface area contributed by atoms with E-state index in [9.17, 15) is 0 Å². The fraction of sp³-hybridized carbons (Fsp3) is 0.500. The van der Waals surface area contributed by atoms with E-state index >= 15 is 0 Å². The quantitative estimate of drug-likeness (QED) is 0.499. The summed E-state index contributed by atoms with van der Waals surface area (Å²) in [6.07, 6.45) is 4.22. The Morgan fingerprint density at radius 3 is 2.21 bits per heavy atom. The number of benzene rings is 1. The van der Waals surface area contributed by atoms with Crippen molar-refractivity contribution in [2.24, 2.45) is 0 Å². The minimum atomic E-state index is -1.64. The predicted molar refractivity (Wildman–Crippen MR) is 91.3 cm³/mol. The van der Waals surface area contributed by atoms with Crippen molar-refractivity contribution in [2.75, 3.05) is 5.33 Å². The van der Waals surface area contributed by atoms with Gasteiger partial charge in [0.1, 0.15) is 0 Å². The predicted octanol–water partition coefficient (Wildman–Crippen LogP) is 5.62. The Bertz CT molecular complexity index is 415.